The summed E-state index contributed by atoms with van der Waals surface area (Å²) in [5, 5.41) is 13.2. The smallest absolute Gasteiger partial charge is 0.202 e. The van der Waals surface area contributed by atoms with Gasteiger partial charge in [-0.15, -0.1) is 0 Å². The van der Waals surface area contributed by atoms with E-state index in [4.69, 9.17) is 19.9 Å². The maximum absolute atomic E-state index is 8.76. The van der Waals surface area contributed by atoms with Gasteiger partial charge in [0.15, 0.2) is 10.9 Å². The Kier molecular flexibility index (Phi) is 3.57. The average Bonchev–Trinajstić information content (AvgIpc) is 3.16. The summed E-state index contributed by atoms with van der Waals surface area (Å²) in [5.74, 6) is 1.88. The number of nitriles is 1. The van der Waals surface area contributed by atoms with Gasteiger partial charge in [-0.1, -0.05) is 16.9 Å². The lowest BCUT2D eigenvalue weighted by Gasteiger charge is -1.99. The topological polar surface area (TPSA) is 115 Å². The molecule has 2 N–H and O–H groups in total. The first-order valence-corrected chi connectivity index (χ1v) is 6.89. The highest BCUT2D eigenvalue weighted by molar-refractivity contribution is 7.98. The fourth-order valence-corrected chi connectivity index (χ4v) is 2.29. The molecule has 0 unspecified atom stereocenters. The third-order valence-corrected chi connectivity index (χ3v) is 3.48. The lowest BCUT2D eigenvalue weighted by Crippen LogP contribution is -1.98. The molecule has 3 heterocycles. The van der Waals surface area contributed by atoms with Crippen molar-refractivity contribution in [2.45, 2.75) is 10.9 Å². The van der Waals surface area contributed by atoms with Crippen LogP contribution in [0.1, 0.15) is 11.3 Å². The highest BCUT2D eigenvalue weighted by atomic mass is 32.2. The molecule has 7 nitrogen and oxygen atoms in total. The third kappa shape index (κ3) is 2.88. The van der Waals surface area contributed by atoms with Crippen molar-refractivity contribution >= 4 is 17.6 Å². The Hall–Kier alpha value is -2.79. The van der Waals surface area contributed by atoms with Crippen LogP contribution in [0, 0.1) is 11.3 Å². The fraction of sp³-hybridized carbons (Fsp3) is 0.0769. The van der Waals surface area contributed by atoms with Crippen LogP contribution in [0.25, 0.3) is 11.5 Å². The van der Waals surface area contributed by atoms with Crippen LogP contribution >= 0.6 is 11.8 Å². The van der Waals surface area contributed by atoms with E-state index in [9.17, 15) is 0 Å². The molecule has 0 aliphatic carbocycles. The normalized spacial score (nSPS) is 10.4. The van der Waals surface area contributed by atoms with E-state index in [0.717, 1.165) is 5.69 Å². The first-order valence-electron chi connectivity index (χ1n) is 5.91. The Morgan fingerprint density at radius 2 is 2.29 bits per heavy atom. The van der Waals surface area contributed by atoms with Crippen molar-refractivity contribution in [3.05, 3.63) is 41.9 Å². The van der Waals surface area contributed by atoms with Gasteiger partial charge >= 0.3 is 0 Å². The van der Waals surface area contributed by atoms with Crippen LogP contribution in [0.3, 0.4) is 0 Å². The molecule has 3 aromatic heterocycles. The maximum atomic E-state index is 8.76. The number of nitrogens with two attached hydrogens (primary N) is 1. The van der Waals surface area contributed by atoms with Crippen molar-refractivity contribution in [2.75, 3.05) is 5.73 Å². The molecule has 0 saturated heterocycles. The molecule has 0 aliphatic heterocycles. The molecular weight excluding hydrogens is 290 g/mol. The summed E-state index contributed by atoms with van der Waals surface area (Å²) in [6.07, 6.45) is 2.97. The van der Waals surface area contributed by atoms with Gasteiger partial charge in [0.25, 0.3) is 0 Å². The van der Waals surface area contributed by atoms with Crippen molar-refractivity contribution in [1.29, 1.82) is 5.26 Å². The molecular formula is C13H9N5O2S. The summed E-state index contributed by atoms with van der Waals surface area (Å²) < 4.78 is 10.4. The second kappa shape index (κ2) is 5.68. The number of rotatable bonds is 4. The SMILES string of the molecule is N#Cc1cnc(SCc2cc(-c3ccco3)on2)nc1N. The first-order chi connectivity index (χ1) is 10.3. The van der Waals surface area contributed by atoms with Gasteiger partial charge in [-0.2, -0.15) is 5.26 Å². The molecule has 0 aromatic carbocycles. The van der Waals surface area contributed by atoms with E-state index in [1.54, 1.807) is 24.5 Å². The van der Waals surface area contributed by atoms with Gasteiger partial charge < -0.3 is 14.7 Å². The molecule has 0 aliphatic rings. The predicted molar refractivity (Wildman–Crippen MR) is 74.9 cm³/mol. The number of hydrogen-bond donors (Lipinski definition) is 1. The molecule has 3 aromatic rings. The number of aromatic nitrogens is 3. The third-order valence-electron chi connectivity index (χ3n) is 2.59. The van der Waals surface area contributed by atoms with Gasteiger partial charge in [0.1, 0.15) is 17.5 Å². The van der Waals surface area contributed by atoms with Gasteiger partial charge in [-0.25, -0.2) is 9.97 Å². The average molecular weight is 299 g/mol. The summed E-state index contributed by atoms with van der Waals surface area (Å²) in [7, 11) is 0. The molecule has 0 atom stereocenters. The number of nitrogens with zero attached hydrogens (tertiary/aromatic N) is 4. The van der Waals surface area contributed by atoms with Crippen LogP contribution in [0.15, 0.2) is 44.8 Å². The summed E-state index contributed by atoms with van der Waals surface area (Å²) in [4.78, 5) is 8.10. The molecule has 0 bridgehead atoms. The lowest BCUT2D eigenvalue weighted by atomic mass is 10.3. The molecule has 8 heteroatoms. The molecule has 0 saturated carbocycles. The van der Waals surface area contributed by atoms with E-state index in [-0.39, 0.29) is 11.4 Å². The van der Waals surface area contributed by atoms with E-state index in [1.165, 1.54) is 18.0 Å². The Bertz CT molecular complexity index is 791. The van der Waals surface area contributed by atoms with Crippen LogP contribution in [0.2, 0.25) is 0 Å². The minimum absolute atomic E-state index is 0.173. The van der Waals surface area contributed by atoms with Gasteiger partial charge in [-0.05, 0) is 12.1 Å². The zero-order valence-electron chi connectivity index (χ0n) is 10.7. The van der Waals surface area contributed by atoms with E-state index < -0.39 is 0 Å². The van der Waals surface area contributed by atoms with Crippen LogP contribution in [-0.4, -0.2) is 15.1 Å². The Labute approximate surface area is 123 Å². The molecule has 3 rings (SSSR count). The summed E-state index contributed by atoms with van der Waals surface area (Å²) in [5.41, 5.74) is 6.63. The predicted octanol–water partition coefficient (Wildman–Crippen LogP) is 2.47. The second-order valence-electron chi connectivity index (χ2n) is 4.01. The molecule has 104 valence electrons. The maximum Gasteiger partial charge on any atom is 0.202 e. The number of furan rings is 1. The molecule has 0 radical (unpaired) electrons. The van der Waals surface area contributed by atoms with Crippen molar-refractivity contribution in [1.82, 2.24) is 15.1 Å². The summed E-state index contributed by atoms with van der Waals surface area (Å²) >= 11 is 1.35. The van der Waals surface area contributed by atoms with Gasteiger partial charge in [0, 0.05) is 11.8 Å². The van der Waals surface area contributed by atoms with E-state index in [0.29, 0.717) is 22.4 Å². The molecule has 0 spiro atoms. The number of anilines is 1. The second-order valence-corrected chi connectivity index (χ2v) is 4.95. The highest BCUT2D eigenvalue weighted by Crippen LogP contribution is 2.25. The van der Waals surface area contributed by atoms with E-state index in [2.05, 4.69) is 15.1 Å². The summed E-state index contributed by atoms with van der Waals surface area (Å²) in [6.45, 7) is 0. The Balaban J connectivity index is 1.68. The van der Waals surface area contributed by atoms with Crippen LogP contribution in [-0.2, 0) is 5.75 Å². The first kappa shape index (κ1) is 13.2. The van der Waals surface area contributed by atoms with E-state index >= 15 is 0 Å². The molecule has 0 fully saturated rings. The number of thioether (sulfide) groups is 1. The minimum Gasteiger partial charge on any atom is -0.461 e. The van der Waals surface area contributed by atoms with Crippen LogP contribution in [0.5, 0.6) is 0 Å². The molecule has 0 amide bonds. The number of hydrogen-bond acceptors (Lipinski definition) is 8. The fourth-order valence-electron chi connectivity index (χ4n) is 1.59. The largest absolute Gasteiger partial charge is 0.461 e. The van der Waals surface area contributed by atoms with Crippen molar-refractivity contribution in [2.24, 2.45) is 0 Å². The van der Waals surface area contributed by atoms with Crippen molar-refractivity contribution < 1.29 is 8.94 Å². The van der Waals surface area contributed by atoms with E-state index in [1.807, 2.05) is 6.07 Å². The van der Waals surface area contributed by atoms with Gasteiger partial charge in [-0.3, -0.25) is 0 Å². The Morgan fingerprint density at radius 1 is 1.38 bits per heavy atom. The van der Waals surface area contributed by atoms with Gasteiger partial charge in [0.05, 0.1) is 18.2 Å². The number of nitrogen functional groups attached to an aromatic ring is 1. The highest BCUT2D eigenvalue weighted by Gasteiger charge is 2.10. The quantitative estimate of drug-likeness (QED) is 0.577. The summed E-state index contributed by atoms with van der Waals surface area (Å²) in [6, 6.07) is 7.28. The monoisotopic (exact) mass is 299 g/mol. The zero-order valence-corrected chi connectivity index (χ0v) is 11.5. The van der Waals surface area contributed by atoms with Crippen LogP contribution in [0.4, 0.5) is 5.82 Å². The van der Waals surface area contributed by atoms with Gasteiger partial charge in [0.2, 0.25) is 5.76 Å². The van der Waals surface area contributed by atoms with Crippen LogP contribution < -0.4 is 5.73 Å². The zero-order chi connectivity index (χ0) is 14.7. The van der Waals surface area contributed by atoms with Crippen molar-refractivity contribution in [3.8, 4) is 17.6 Å². The standard InChI is InChI=1S/C13H9N5O2S/c14-5-8-6-16-13(17-12(8)15)21-7-9-4-11(20-18-9)10-2-1-3-19-10/h1-4,6H,7H2,(H2,15,16,17). The Morgan fingerprint density at radius 3 is 3.00 bits per heavy atom. The lowest BCUT2D eigenvalue weighted by molar-refractivity contribution is 0.413. The minimum atomic E-state index is 0.173. The molecule has 21 heavy (non-hydrogen) atoms. The van der Waals surface area contributed by atoms with Crippen molar-refractivity contribution in [3.63, 3.8) is 0 Å².